The monoisotopic (exact) mass is 311 g/mol. The van der Waals surface area contributed by atoms with Gasteiger partial charge in [0.05, 0.1) is 0 Å². The lowest BCUT2D eigenvalue weighted by Crippen LogP contribution is -2.32. The van der Waals surface area contributed by atoms with Gasteiger partial charge in [-0.2, -0.15) is 0 Å². The molecule has 4 heteroatoms. The van der Waals surface area contributed by atoms with Gasteiger partial charge in [0.15, 0.2) is 0 Å². The van der Waals surface area contributed by atoms with Gasteiger partial charge < -0.3 is 4.72 Å². The first-order valence-electron chi connectivity index (χ1n) is 8.00. The first-order valence-corrected chi connectivity index (χ1v) is 8.82. The lowest BCUT2D eigenvalue weighted by atomic mass is 9.98. The van der Waals surface area contributed by atoms with E-state index in [9.17, 15) is 0 Å². The number of hydrogen-bond acceptors (Lipinski definition) is 4. The standard InChI is InChI=1S/C18H21N3S/c1-13-4-3-10-19-18(13)22-20-17-6-2-5-14-9-11-21(12-16(14)17)15-7-8-15/h2-6,10,15,20H,7-9,11-12H2,1H3. The molecule has 1 aliphatic heterocycles. The van der Waals surface area contributed by atoms with Crippen LogP contribution in [0.4, 0.5) is 5.69 Å². The van der Waals surface area contributed by atoms with Crippen LogP contribution in [0, 0.1) is 6.92 Å². The molecule has 0 radical (unpaired) electrons. The average molecular weight is 311 g/mol. The van der Waals surface area contributed by atoms with E-state index in [2.05, 4.69) is 45.8 Å². The molecule has 114 valence electrons. The summed E-state index contributed by atoms with van der Waals surface area (Å²) < 4.78 is 3.54. The van der Waals surface area contributed by atoms with Crippen LogP contribution in [0.5, 0.6) is 0 Å². The molecule has 1 aromatic heterocycles. The summed E-state index contributed by atoms with van der Waals surface area (Å²) in [6.07, 6.45) is 5.79. The van der Waals surface area contributed by atoms with Gasteiger partial charge in [0.2, 0.25) is 0 Å². The van der Waals surface area contributed by atoms with Crippen LogP contribution in [0.2, 0.25) is 0 Å². The highest BCUT2D eigenvalue weighted by Gasteiger charge is 2.31. The van der Waals surface area contributed by atoms with Crippen molar-refractivity contribution >= 4 is 17.6 Å². The van der Waals surface area contributed by atoms with E-state index in [0.717, 1.165) is 17.6 Å². The summed E-state index contributed by atoms with van der Waals surface area (Å²) in [6.45, 7) is 4.41. The molecule has 0 spiro atoms. The van der Waals surface area contributed by atoms with Crippen molar-refractivity contribution in [1.82, 2.24) is 9.88 Å². The summed E-state index contributed by atoms with van der Waals surface area (Å²) in [5, 5.41) is 1.05. The number of fused-ring (bicyclic) bond motifs is 1. The lowest BCUT2D eigenvalue weighted by Gasteiger charge is -2.30. The first-order chi connectivity index (χ1) is 10.8. The molecule has 0 saturated heterocycles. The fourth-order valence-electron chi connectivity index (χ4n) is 3.13. The maximum atomic E-state index is 4.45. The Bertz CT molecular complexity index is 682. The van der Waals surface area contributed by atoms with Crippen molar-refractivity contribution in [2.75, 3.05) is 11.3 Å². The van der Waals surface area contributed by atoms with Crippen LogP contribution in [-0.4, -0.2) is 22.5 Å². The van der Waals surface area contributed by atoms with E-state index in [4.69, 9.17) is 0 Å². The normalized spacial score (nSPS) is 18.0. The van der Waals surface area contributed by atoms with Gasteiger partial charge in [0.1, 0.15) is 5.03 Å². The molecule has 0 amide bonds. The van der Waals surface area contributed by atoms with E-state index in [-0.39, 0.29) is 0 Å². The predicted octanol–water partition coefficient (Wildman–Crippen LogP) is 4.03. The summed E-state index contributed by atoms with van der Waals surface area (Å²) in [5.41, 5.74) is 5.43. The molecule has 0 atom stereocenters. The zero-order valence-corrected chi connectivity index (χ0v) is 13.7. The highest BCUT2D eigenvalue weighted by molar-refractivity contribution is 8.00. The van der Waals surface area contributed by atoms with Crippen LogP contribution >= 0.6 is 11.9 Å². The van der Waals surface area contributed by atoms with Crippen LogP contribution < -0.4 is 4.72 Å². The quantitative estimate of drug-likeness (QED) is 0.863. The van der Waals surface area contributed by atoms with Crippen LogP contribution in [0.3, 0.4) is 0 Å². The second-order valence-corrected chi connectivity index (χ2v) is 7.02. The fourth-order valence-corrected chi connectivity index (χ4v) is 3.87. The molecule has 2 aromatic rings. The molecule has 0 bridgehead atoms. The second-order valence-electron chi connectivity index (χ2n) is 6.22. The Balaban J connectivity index is 1.53. The molecule has 1 aliphatic carbocycles. The van der Waals surface area contributed by atoms with E-state index < -0.39 is 0 Å². The van der Waals surface area contributed by atoms with Crippen molar-refractivity contribution < 1.29 is 0 Å². The van der Waals surface area contributed by atoms with Crippen molar-refractivity contribution in [1.29, 1.82) is 0 Å². The Kier molecular flexibility index (Phi) is 3.80. The lowest BCUT2D eigenvalue weighted by molar-refractivity contribution is 0.244. The number of nitrogens with zero attached hydrogens (tertiary/aromatic N) is 2. The van der Waals surface area contributed by atoms with Crippen LogP contribution in [0.1, 0.15) is 29.5 Å². The SMILES string of the molecule is Cc1cccnc1SNc1cccc2c1CN(C1CC1)CC2. The molecule has 1 N–H and O–H groups in total. The predicted molar refractivity (Wildman–Crippen MR) is 92.0 cm³/mol. The number of pyridine rings is 1. The van der Waals surface area contributed by atoms with Crippen molar-refractivity contribution in [3.8, 4) is 0 Å². The third-order valence-corrected chi connectivity index (χ3v) is 5.53. The molecule has 22 heavy (non-hydrogen) atoms. The number of aromatic nitrogens is 1. The molecule has 2 aliphatic rings. The van der Waals surface area contributed by atoms with E-state index in [1.54, 1.807) is 11.9 Å². The van der Waals surface area contributed by atoms with Crippen molar-refractivity contribution in [2.45, 2.75) is 43.8 Å². The average Bonchev–Trinajstić information content (AvgIpc) is 3.38. The smallest absolute Gasteiger partial charge is 0.119 e. The number of benzene rings is 1. The summed E-state index contributed by atoms with van der Waals surface area (Å²) >= 11 is 1.62. The maximum absolute atomic E-state index is 4.45. The molecule has 1 fully saturated rings. The van der Waals surface area contributed by atoms with Crippen molar-refractivity contribution in [3.63, 3.8) is 0 Å². The third-order valence-electron chi connectivity index (χ3n) is 4.58. The Hall–Kier alpha value is -1.52. The van der Waals surface area contributed by atoms with E-state index in [1.165, 1.54) is 48.2 Å². The molecule has 3 nitrogen and oxygen atoms in total. The molecule has 1 aromatic carbocycles. The van der Waals surface area contributed by atoms with Gasteiger partial charge in [0, 0.05) is 43.0 Å². The number of rotatable bonds is 4. The van der Waals surface area contributed by atoms with Crippen LogP contribution in [0.15, 0.2) is 41.6 Å². The molecular weight excluding hydrogens is 290 g/mol. The number of nitrogens with one attached hydrogen (secondary N) is 1. The Morgan fingerprint density at radius 3 is 2.95 bits per heavy atom. The van der Waals surface area contributed by atoms with Gasteiger partial charge in [-0.25, -0.2) is 4.98 Å². The van der Waals surface area contributed by atoms with Gasteiger partial charge in [-0.15, -0.1) is 0 Å². The Morgan fingerprint density at radius 2 is 2.14 bits per heavy atom. The van der Waals surface area contributed by atoms with Crippen molar-refractivity contribution in [3.05, 3.63) is 53.2 Å². The highest BCUT2D eigenvalue weighted by Crippen LogP contribution is 2.35. The Labute approximate surface area is 136 Å². The Morgan fingerprint density at radius 1 is 1.23 bits per heavy atom. The number of anilines is 1. The molecule has 4 rings (SSSR count). The number of aryl methyl sites for hydroxylation is 1. The summed E-state index contributed by atoms with van der Waals surface area (Å²) in [4.78, 5) is 7.09. The van der Waals surface area contributed by atoms with Gasteiger partial charge in [-0.3, -0.25) is 4.90 Å². The number of hydrogen-bond donors (Lipinski definition) is 1. The fraction of sp³-hybridized carbons (Fsp3) is 0.389. The van der Waals surface area contributed by atoms with Gasteiger partial charge in [-0.1, -0.05) is 18.2 Å². The van der Waals surface area contributed by atoms with E-state index >= 15 is 0 Å². The first kappa shape index (κ1) is 14.1. The molecule has 1 saturated carbocycles. The van der Waals surface area contributed by atoms with Gasteiger partial charge in [0.25, 0.3) is 0 Å². The summed E-state index contributed by atoms with van der Waals surface area (Å²) in [6, 6.07) is 11.6. The van der Waals surface area contributed by atoms with Gasteiger partial charge in [-0.05, 0) is 55.0 Å². The zero-order valence-electron chi connectivity index (χ0n) is 12.9. The van der Waals surface area contributed by atoms with Crippen LogP contribution in [-0.2, 0) is 13.0 Å². The zero-order chi connectivity index (χ0) is 14.9. The molecule has 2 heterocycles. The molecule has 0 unspecified atom stereocenters. The van der Waals surface area contributed by atoms with Gasteiger partial charge >= 0.3 is 0 Å². The summed E-state index contributed by atoms with van der Waals surface area (Å²) in [7, 11) is 0. The second kappa shape index (κ2) is 5.94. The van der Waals surface area contributed by atoms with E-state index in [1.807, 2.05) is 12.3 Å². The minimum atomic E-state index is 0.840. The third kappa shape index (κ3) is 2.85. The summed E-state index contributed by atoms with van der Waals surface area (Å²) in [5.74, 6) is 0. The minimum absolute atomic E-state index is 0.840. The topological polar surface area (TPSA) is 28.2 Å². The maximum Gasteiger partial charge on any atom is 0.119 e. The van der Waals surface area contributed by atoms with Crippen molar-refractivity contribution in [2.24, 2.45) is 0 Å². The van der Waals surface area contributed by atoms with E-state index in [0.29, 0.717) is 0 Å². The largest absolute Gasteiger partial charge is 0.324 e. The van der Waals surface area contributed by atoms with Crippen LogP contribution in [0.25, 0.3) is 0 Å². The minimum Gasteiger partial charge on any atom is -0.324 e. The molecular formula is C18H21N3S. The highest BCUT2D eigenvalue weighted by atomic mass is 32.2.